The van der Waals surface area contributed by atoms with E-state index in [1.165, 1.54) is 7.11 Å². The van der Waals surface area contributed by atoms with Crippen molar-refractivity contribution >= 4 is 11.8 Å². The van der Waals surface area contributed by atoms with E-state index >= 15 is 0 Å². The Kier molecular flexibility index (Phi) is 4.10. The van der Waals surface area contributed by atoms with Crippen molar-refractivity contribution in [1.29, 1.82) is 0 Å². The quantitative estimate of drug-likeness (QED) is 0.820. The third kappa shape index (κ3) is 3.73. The van der Waals surface area contributed by atoms with E-state index in [0.29, 0.717) is 11.4 Å². The van der Waals surface area contributed by atoms with Gasteiger partial charge in [-0.3, -0.25) is 0 Å². The molecule has 94 valence electrons. The van der Waals surface area contributed by atoms with Gasteiger partial charge in [-0.1, -0.05) is 20.8 Å². The van der Waals surface area contributed by atoms with Crippen molar-refractivity contribution in [2.75, 3.05) is 12.4 Å². The highest BCUT2D eigenvalue weighted by Gasteiger charge is 2.20. The zero-order valence-corrected chi connectivity index (χ0v) is 11.1. The summed E-state index contributed by atoms with van der Waals surface area (Å²) in [6.07, 6.45) is 1.60. The van der Waals surface area contributed by atoms with Gasteiger partial charge >= 0.3 is 5.97 Å². The fraction of sp³-hybridized carbons (Fsp3) is 0.538. The first-order chi connectivity index (χ1) is 7.84. The molecule has 4 nitrogen and oxygen atoms in total. The monoisotopic (exact) mass is 236 g/mol. The molecule has 4 heteroatoms. The molecule has 0 spiro atoms. The molecule has 0 saturated carbocycles. The number of ether oxygens (including phenoxy) is 1. The zero-order chi connectivity index (χ0) is 13.1. The Bertz CT molecular complexity index is 397. The number of rotatable bonds is 3. The van der Waals surface area contributed by atoms with Crippen molar-refractivity contribution in [1.82, 2.24) is 4.98 Å². The smallest absolute Gasteiger partial charge is 0.338 e. The van der Waals surface area contributed by atoms with Gasteiger partial charge < -0.3 is 10.1 Å². The molecule has 0 saturated heterocycles. The number of carbonyl (C=O) groups excluding carboxylic acids is 1. The molecular formula is C13H20N2O2. The fourth-order valence-corrected chi connectivity index (χ4v) is 1.19. The van der Waals surface area contributed by atoms with Crippen LogP contribution in [0.4, 0.5) is 5.82 Å². The molecule has 1 rings (SSSR count). The number of nitrogens with one attached hydrogen (secondary N) is 1. The molecule has 0 aliphatic heterocycles. The minimum Gasteiger partial charge on any atom is -0.465 e. The second kappa shape index (κ2) is 5.17. The van der Waals surface area contributed by atoms with Crippen LogP contribution in [0.3, 0.4) is 0 Å². The maximum atomic E-state index is 11.4. The molecule has 0 aromatic carbocycles. The molecule has 0 amide bonds. The van der Waals surface area contributed by atoms with E-state index in [1.54, 1.807) is 18.3 Å². The summed E-state index contributed by atoms with van der Waals surface area (Å²) in [5.74, 6) is 0.342. The molecule has 0 bridgehead atoms. The highest BCUT2D eigenvalue weighted by molar-refractivity contribution is 5.89. The SMILES string of the molecule is COC(=O)c1ccnc(NC(C)C(C)(C)C)c1. The summed E-state index contributed by atoms with van der Waals surface area (Å²) in [6.45, 7) is 8.53. The molecule has 1 unspecified atom stereocenters. The first-order valence-electron chi connectivity index (χ1n) is 5.65. The Morgan fingerprint density at radius 3 is 2.65 bits per heavy atom. The first kappa shape index (κ1) is 13.5. The van der Waals surface area contributed by atoms with Crippen LogP contribution in [0.1, 0.15) is 38.1 Å². The molecule has 1 atom stereocenters. The molecule has 0 aliphatic carbocycles. The standard InChI is InChI=1S/C13H20N2O2/c1-9(13(2,3)4)15-11-8-10(6-7-14-11)12(16)17-5/h6-9H,1-5H3,(H,14,15). The van der Waals surface area contributed by atoms with Crippen molar-refractivity contribution in [2.45, 2.75) is 33.7 Å². The first-order valence-corrected chi connectivity index (χ1v) is 5.65. The lowest BCUT2D eigenvalue weighted by molar-refractivity contribution is 0.0600. The van der Waals surface area contributed by atoms with Crippen LogP contribution in [0.2, 0.25) is 0 Å². The number of anilines is 1. The van der Waals surface area contributed by atoms with E-state index in [1.807, 2.05) is 0 Å². The minimum atomic E-state index is -0.348. The van der Waals surface area contributed by atoms with Crippen molar-refractivity contribution in [2.24, 2.45) is 5.41 Å². The zero-order valence-electron chi connectivity index (χ0n) is 11.1. The molecule has 17 heavy (non-hydrogen) atoms. The Labute approximate surface area is 102 Å². The van der Waals surface area contributed by atoms with Gasteiger partial charge in [0.1, 0.15) is 5.82 Å². The highest BCUT2D eigenvalue weighted by Crippen LogP contribution is 2.22. The third-order valence-electron chi connectivity index (χ3n) is 2.84. The second-order valence-electron chi connectivity index (χ2n) is 5.15. The average molecular weight is 236 g/mol. The van der Waals surface area contributed by atoms with E-state index in [9.17, 15) is 4.79 Å². The topological polar surface area (TPSA) is 51.2 Å². The minimum absolute atomic E-state index is 0.128. The molecule has 1 aromatic rings. The number of hydrogen-bond donors (Lipinski definition) is 1. The van der Waals surface area contributed by atoms with Crippen LogP contribution in [0.15, 0.2) is 18.3 Å². The molecule has 1 aromatic heterocycles. The molecule has 0 fully saturated rings. The number of pyridine rings is 1. The van der Waals surface area contributed by atoms with Gasteiger partial charge in [0.05, 0.1) is 12.7 Å². The van der Waals surface area contributed by atoms with Crippen LogP contribution in [0, 0.1) is 5.41 Å². The average Bonchev–Trinajstić information content (AvgIpc) is 2.27. The van der Waals surface area contributed by atoms with Gasteiger partial charge in [-0.2, -0.15) is 0 Å². The van der Waals surface area contributed by atoms with E-state index in [-0.39, 0.29) is 17.4 Å². The highest BCUT2D eigenvalue weighted by atomic mass is 16.5. The Balaban J connectivity index is 2.83. The van der Waals surface area contributed by atoms with E-state index in [4.69, 9.17) is 0 Å². The fourth-order valence-electron chi connectivity index (χ4n) is 1.19. The van der Waals surface area contributed by atoms with E-state index in [2.05, 4.69) is 42.7 Å². The van der Waals surface area contributed by atoms with Crippen LogP contribution in [0.25, 0.3) is 0 Å². The maximum absolute atomic E-state index is 11.4. The second-order valence-corrected chi connectivity index (χ2v) is 5.15. The van der Waals surface area contributed by atoms with E-state index in [0.717, 1.165) is 0 Å². The number of methoxy groups -OCH3 is 1. The van der Waals surface area contributed by atoms with Gasteiger partial charge in [0.25, 0.3) is 0 Å². The molecule has 1 N–H and O–H groups in total. The van der Waals surface area contributed by atoms with Gasteiger partial charge in [-0.15, -0.1) is 0 Å². The largest absolute Gasteiger partial charge is 0.465 e. The Morgan fingerprint density at radius 1 is 1.47 bits per heavy atom. The van der Waals surface area contributed by atoms with Crippen LogP contribution >= 0.6 is 0 Å². The summed E-state index contributed by atoms with van der Waals surface area (Å²) in [5, 5.41) is 3.28. The van der Waals surface area contributed by atoms with Gasteiger partial charge in [-0.05, 0) is 24.5 Å². The van der Waals surface area contributed by atoms with Crippen LogP contribution < -0.4 is 5.32 Å². The lowest BCUT2D eigenvalue weighted by atomic mass is 9.88. The van der Waals surface area contributed by atoms with Gasteiger partial charge in [0, 0.05) is 12.2 Å². The Hall–Kier alpha value is -1.58. The maximum Gasteiger partial charge on any atom is 0.338 e. The summed E-state index contributed by atoms with van der Waals surface area (Å²) in [5.41, 5.74) is 0.634. The number of carbonyl (C=O) groups is 1. The summed E-state index contributed by atoms with van der Waals surface area (Å²) in [6, 6.07) is 3.59. The van der Waals surface area contributed by atoms with Crippen LogP contribution in [0.5, 0.6) is 0 Å². The van der Waals surface area contributed by atoms with Crippen molar-refractivity contribution < 1.29 is 9.53 Å². The third-order valence-corrected chi connectivity index (χ3v) is 2.84. The summed E-state index contributed by atoms with van der Waals surface area (Å²) >= 11 is 0. The van der Waals surface area contributed by atoms with Crippen LogP contribution in [-0.2, 0) is 4.74 Å². The van der Waals surface area contributed by atoms with E-state index < -0.39 is 0 Å². The van der Waals surface area contributed by atoms with Crippen molar-refractivity contribution in [3.05, 3.63) is 23.9 Å². The van der Waals surface area contributed by atoms with Crippen LogP contribution in [-0.4, -0.2) is 24.1 Å². The molecule has 0 aliphatic rings. The summed E-state index contributed by atoms with van der Waals surface area (Å²) < 4.78 is 4.67. The van der Waals surface area contributed by atoms with Gasteiger partial charge in [0.15, 0.2) is 0 Å². The molecule has 1 heterocycles. The van der Waals surface area contributed by atoms with Gasteiger partial charge in [-0.25, -0.2) is 9.78 Å². The number of nitrogens with zero attached hydrogens (tertiary/aromatic N) is 1. The lowest BCUT2D eigenvalue weighted by Gasteiger charge is -2.28. The molecular weight excluding hydrogens is 216 g/mol. The predicted molar refractivity (Wildman–Crippen MR) is 68.1 cm³/mol. The Morgan fingerprint density at radius 2 is 2.12 bits per heavy atom. The number of esters is 1. The summed E-state index contributed by atoms with van der Waals surface area (Å²) in [4.78, 5) is 15.6. The number of aromatic nitrogens is 1. The summed E-state index contributed by atoms with van der Waals surface area (Å²) in [7, 11) is 1.37. The predicted octanol–water partition coefficient (Wildman–Crippen LogP) is 2.71. The van der Waals surface area contributed by atoms with Crippen molar-refractivity contribution in [3.8, 4) is 0 Å². The molecule has 0 radical (unpaired) electrons. The van der Waals surface area contributed by atoms with Gasteiger partial charge in [0.2, 0.25) is 0 Å². The van der Waals surface area contributed by atoms with Crippen molar-refractivity contribution in [3.63, 3.8) is 0 Å². The normalized spacial score (nSPS) is 13.0. The lowest BCUT2D eigenvalue weighted by Crippen LogP contribution is -2.31. The number of hydrogen-bond acceptors (Lipinski definition) is 4.